The van der Waals surface area contributed by atoms with Crippen molar-refractivity contribution in [1.29, 1.82) is 0 Å². The van der Waals surface area contributed by atoms with Gasteiger partial charge in [-0.15, -0.1) is 0 Å². The number of hydrogen-bond acceptors (Lipinski definition) is 5. The van der Waals surface area contributed by atoms with Crippen LogP contribution in [-0.2, 0) is 17.9 Å². The highest BCUT2D eigenvalue weighted by molar-refractivity contribution is 5.76. The minimum absolute atomic E-state index is 0.0645. The van der Waals surface area contributed by atoms with Crippen molar-refractivity contribution in [2.45, 2.75) is 46.8 Å². The molecule has 1 amide bonds. The zero-order valence-electron chi connectivity index (χ0n) is 13.6. The highest BCUT2D eigenvalue weighted by Crippen LogP contribution is 2.17. The summed E-state index contributed by atoms with van der Waals surface area (Å²) in [5, 5.41) is 21.9. The van der Waals surface area contributed by atoms with Crippen LogP contribution in [0.2, 0.25) is 0 Å². The van der Waals surface area contributed by atoms with E-state index < -0.39 is 4.92 Å². The van der Waals surface area contributed by atoms with Gasteiger partial charge in [0.05, 0.1) is 16.7 Å². The van der Waals surface area contributed by atoms with E-state index in [0.29, 0.717) is 5.69 Å². The number of aryl methyl sites for hydroxylation is 2. The fourth-order valence-corrected chi connectivity index (χ4v) is 2.40. The minimum Gasteiger partial charge on any atom is -0.348 e. The molecule has 0 saturated heterocycles. The Kier molecular flexibility index (Phi) is 4.77. The van der Waals surface area contributed by atoms with E-state index in [2.05, 4.69) is 15.5 Å². The van der Waals surface area contributed by atoms with E-state index in [0.717, 1.165) is 24.0 Å². The van der Waals surface area contributed by atoms with Gasteiger partial charge in [0.15, 0.2) is 0 Å². The quantitative estimate of drug-likeness (QED) is 0.641. The molecule has 2 aromatic heterocycles. The predicted molar refractivity (Wildman–Crippen MR) is 82.8 cm³/mol. The molecule has 0 saturated carbocycles. The molecule has 1 unspecified atom stereocenters. The van der Waals surface area contributed by atoms with Gasteiger partial charge < -0.3 is 5.32 Å². The molecule has 0 aromatic carbocycles. The van der Waals surface area contributed by atoms with Crippen LogP contribution >= 0.6 is 0 Å². The van der Waals surface area contributed by atoms with Gasteiger partial charge in [-0.2, -0.15) is 10.2 Å². The van der Waals surface area contributed by atoms with Crippen LogP contribution in [0.15, 0.2) is 12.4 Å². The maximum absolute atomic E-state index is 12.1. The lowest BCUT2D eigenvalue weighted by molar-refractivity contribution is -0.385. The van der Waals surface area contributed by atoms with E-state index in [1.54, 1.807) is 6.92 Å². The van der Waals surface area contributed by atoms with Gasteiger partial charge in [0.2, 0.25) is 5.91 Å². The van der Waals surface area contributed by atoms with Crippen LogP contribution in [0, 0.1) is 24.0 Å². The summed E-state index contributed by atoms with van der Waals surface area (Å²) in [4.78, 5) is 22.4. The molecule has 0 aliphatic rings. The summed E-state index contributed by atoms with van der Waals surface area (Å²) in [6, 6.07) is -0.200. The van der Waals surface area contributed by atoms with Crippen LogP contribution in [0.25, 0.3) is 0 Å². The fraction of sp³-hybridized carbons (Fsp3) is 0.500. The maximum Gasteiger partial charge on any atom is 0.309 e. The van der Waals surface area contributed by atoms with Gasteiger partial charge in [-0.05, 0) is 27.7 Å². The van der Waals surface area contributed by atoms with Crippen LogP contribution in [0.4, 0.5) is 5.69 Å². The second kappa shape index (κ2) is 6.59. The second-order valence-electron chi connectivity index (χ2n) is 5.34. The molecule has 2 rings (SSSR count). The van der Waals surface area contributed by atoms with Gasteiger partial charge in [-0.1, -0.05) is 0 Å². The number of nitrogens with one attached hydrogen (secondary N) is 1. The molecule has 0 aliphatic heterocycles. The normalized spacial score (nSPS) is 12.2. The predicted octanol–water partition coefficient (Wildman–Crippen LogP) is 1.50. The zero-order chi connectivity index (χ0) is 17.1. The van der Waals surface area contributed by atoms with Gasteiger partial charge >= 0.3 is 5.69 Å². The minimum atomic E-state index is -0.512. The van der Waals surface area contributed by atoms with E-state index >= 15 is 0 Å². The standard InChI is InChI=1S/C14H20N6O3/c1-5-18-7-12(10(3)17-18)9(2)16-14(21)8-19-11(4)13(6-15-19)20(22)23/h6-7,9H,5,8H2,1-4H3,(H,16,21). The molecule has 23 heavy (non-hydrogen) atoms. The third-order valence-electron chi connectivity index (χ3n) is 3.72. The number of amides is 1. The summed E-state index contributed by atoms with van der Waals surface area (Å²) in [5.41, 5.74) is 2.08. The molecule has 0 radical (unpaired) electrons. The van der Waals surface area contributed by atoms with Crippen molar-refractivity contribution >= 4 is 11.6 Å². The molecule has 1 atom stereocenters. The maximum atomic E-state index is 12.1. The summed E-state index contributed by atoms with van der Waals surface area (Å²) in [6.07, 6.45) is 3.06. The van der Waals surface area contributed by atoms with Crippen LogP contribution in [0.3, 0.4) is 0 Å². The number of nitro groups is 1. The molecule has 2 aromatic rings. The van der Waals surface area contributed by atoms with E-state index in [9.17, 15) is 14.9 Å². The monoisotopic (exact) mass is 320 g/mol. The molecular weight excluding hydrogens is 300 g/mol. The van der Waals surface area contributed by atoms with Crippen molar-refractivity contribution in [2.75, 3.05) is 0 Å². The Morgan fingerprint density at radius 1 is 1.48 bits per heavy atom. The van der Waals surface area contributed by atoms with E-state index in [1.807, 2.05) is 31.6 Å². The van der Waals surface area contributed by atoms with Gasteiger partial charge in [0.1, 0.15) is 18.4 Å². The highest BCUT2D eigenvalue weighted by atomic mass is 16.6. The van der Waals surface area contributed by atoms with Gasteiger partial charge in [-0.25, -0.2) is 0 Å². The average Bonchev–Trinajstić information content (AvgIpc) is 3.02. The molecular formula is C14H20N6O3. The van der Waals surface area contributed by atoms with Gasteiger partial charge in [-0.3, -0.25) is 24.3 Å². The van der Waals surface area contributed by atoms with Crippen molar-refractivity contribution in [1.82, 2.24) is 24.9 Å². The fourth-order valence-electron chi connectivity index (χ4n) is 2.40. The van der Waals surface area contributed by atoms with Crippen LogP contribution in [-0.4, -0.2) is 30.4 Å². The Labute approximate surface area is 133 Å². The van der Waals surface area contributed by atoms with Crippen LogP contribution in [0.1, 0.15) is 36.8 Å². The SMILES string of the molecule is CCn1cc(C(C)NC(=O)Cn2ncc([N+](=O)[O-])c2C)c(C)n1. The average molecular weight is 320 g/mol. The Morgan fingerprint density at radius 2 is 2.17 bits per heavy atom. The molecule has 0 fully saturated rings. The summed E-state index contributed by atoms with van der Waals surface area (Å²) in [7, 11) is 0. The van der Waals surface area contributed by atoms with Crippen molar-refractivity contribution < 1.29 is 9.72 Å². The number of carbonyl (C=O) groups excluding carboxylic acids is 1. The molecule has 9 heteroatoms. The first-order valence-electron chi connectivity index (χ1n) is 7.33. The van der Waals surface area contributed by atoms with Crippen molar-refractivity contribution in [3.8, 4) is 0 Å². The number of carbonyl (C=O) groups is 1. The molecule has 1 N–H and O–H groups in total. The molecule has 124 valence electrons. The Bertz CT molecular complexity index is 733. The number of rotatable bonds is 6. The summed E-state index contributed by atoms with van der Waals surface area (Å²) >= 11 is 0. The third-order valence-corrected chi connectivity index (χ3v) is 3.72. The lowest BCUT2D eigenvalue weighted by atomic mass is 10.1. The van der Waals surface area contributed by atoms with Gasteiger partial charge in [0, 0.05) is 18.3 Å². The zero-order valence-corrected chi connectivity index (χ0v) is 13.6. The van der Waals surface area contributed by atoms with Gasteiger partial charge in [0.25, 0.3) is 0 Å². The summed E-state index contributed by atoms with van der Waals surface area (Å²) in [6.45, 7) is 8.03. The Morgan fingerprint density at radius 3 is 2.70 bits per heavy atom. The lowest BCUT2D eigenvalue weighted by Crippen LogP contribution is -2.30. The van der Waals surface area contributed by atoms with Crippen molar-refractivity contribution in [2.24, 2.45) is 0 Å². The van der Waals surface area contributed by atoms with Crippen LogP contribution < -0.4 is 5.32 Å². The first-order valence-corrected chi connectivity index (χ1v) is 7.33. The van der Waals surface area contributed by atoms with Crippen molar-refractivity contribution in [3.05, 3.63) is 39.5 Å². The number of hydrogen-bond donors (Lipinski definition) is 1. The van der Waals surface area contributed by atoms with Crippen molar-refractivity contribution in [3.63, 3.8) is 0 Å². The lowest BCUT2D eigenvalue weighted by Gasteiger charge is -2.13. The largest absolute Gasteiger partial charge is 0.348 e. The molecule has 0 spiro atoms. The second-order valence-corrected chi connectivity index (χ2v) is 5.34. The van der Waals surface area contributed by atoms with E-state index in [-0.39, 0.29) is 24.2 Å². The van der Waals surface area contributed by atoms with E-state index in [4.69, 9.17) is 0 Å². The topological polar surface area (TPSA) is 108 Å². The first-order chi connectivity index (χ1) is 10.8. The smallest absolute Gasteiger partial charge is 0.309 e. The first kappa shape index (κ1) is 16.7. The third kappa shape index (κ3) is 3.55. The van der Waals surface area contributed by atoms with Crippen LogP contribution in [0.5, 0.6) is 0 Å². The summed E-state index contributed by atoms with van der Waals surface area (Å²) in [5.74, 6) is -0.262. The number of aromatic nitrogens is 4. The van der Waals surface area contributed by atoms with E-state index in [1.165, 1.54) is 4.68 Å². The highest BCUT2D eigenvalue weighted by Gasteiger charge is 2.19. The Hall–Kier alpha value is -2.71. The molecule has 2 heterocycles. The summed E-state index contributed by atoms with van der Waals surface area (Å²) < 4.78 is 3.14. The molecule has 9 nitrogen and oxygen atoms in total. The molecule has 0 aliphatic carbocycles. The number of nitrogens with zero attached hydrogens (tertiary/aromatic N) is 5. The Balaban J connectivity index is 2.04. The molecule has 0 bridgehead atoms.